The normalized spacial score (nSPS) is 20.5. The Morgan fingerprint density at radius 1 is 1.38 bits per heavy atom. The van der Waals surface area contributed by atoms with Crippen LogP contribution in [0.4, 0.5) is 10.5 Å². The smallest absolute Gasteiger partial charge is 0.319 e. The van der Waals surface area contributed by atoms with Gasteiger partial charge in [-0.05, 0) is 32.0 Å². The molecule has 1 aromatic heterocycles. The van der Waals surface area contributed by atoms with E-state index in [9.17, 15) is 4.79 Å². The quantitative estimate of drug-likeness (QED) is 0.840. The van der Waals surface area contributed by atoms with Gasteiger partial charge in [0.2, 0.25) is 0 Å². The number of hydrogen-bond acceptors (Lipinski definition) is 4. The van der Waals surface area contributed by atoms with E-state index in [2.05, 4.69) is 34.4 Å². The number of hydrogen-bond donors (Lipinski definition) is 2. The van der Waals surface area contributed by atoms with Crippen LogP contribution in [-0.2, 0) is 4.74 Å². The van der Waals surface area contributed by atoms with Crippen LogP contribution in [0.1, 0.15) is 13.8 Å². The van der Waals surface area contributed by atoms with Gasteiger partial charge in [0.25, 0.3) is 0 Å². The number of imidazole rings is 1. The Balaban J connectivity index is 1.62. The number of methoxy groups -OCH3 is 1. The number of aromatic nitrogens is 2. The molecule has 0 aliphatic carbocycles. The highest BCUT2D eigenvalue weighted by atomic mass is 35.5. The molecule has 0 unspecified atom stereocenters. The summed E-state index contributed by atoms with van der Waals surface area (Å²) in [7, 11) is 1.68. The summed E-state index contributed by atoms with van der Waals surface area (Å²) in [5.41, 5.74) is 1.43. The van der Waals surface area contributed by atoms with Gasteiger partial charge in [-0.2, -0.15) is 0 Å². The van der Waals surface area contributed by atoms with Crippen LogP contribution in [0.5, 0.6) is 0 Å². The number of carbonyl (C=O) groups is 1. The molecule has 26 heavy (non-hydrogen) atoms. The lowest BCUT2D eigenvalue weighted by molar-refractivity contribution is 0.0896. The number of amides is 2. The summed E-state index contributed by atoms with van der Waals surface area (Å²) in [6.45, 7) is 5.85. The van der Waals surface area contributed by atoms with Gasteiger partial charge in [-0.15, -0.1) is 0 Å². The highest BCUT2D eigenvalue weighted by Crippen LogP contribution is 2.24. The minimum atomic E-state index is -0.269. The van der Waals surface area contributed by atoms with Crippen LogP contribution < -0.4 is 10.6 Å². The summed E-state index contributed by atoms with van der Waals surface area (Å²) in [6, 6.07) is 5.46. The zero-order valence-corrected chi connectivity index (χ0v) is 15.9. The average Bonchev–Trinajstić information content (AvgIpc) is 3.24. The minimum absolute atomic E-state index is 0.0182. The van der Waals surface area contributed by atoms with E-state index >= 15 is 0 Å². The maximum Gasteiger partial charge on any atom is 0.319 e. The first-order valence-corrected chi connectivity index (χ1v) is 8.98. The van der Waals surface area contributed by atoms with Crippen LogP contribution >= 0.6 is 11.6 Å². The first-order valence-electron chi connectivity index (χ1n) is 8.60. The number of rotatable bonds is 5. The molecular formula is C18H24ClN5O2. The topological polar surface area (TPSA) is 71.4 Å². The summed E-state index contributed by atoms with van der Waals surface area (Å²) >= 11 is 6.33. The van der Waals surface area contributed by atoms with E-state index in [0.717, 1.165) is 18.8 Å². The first kappa shape index (κ1) is 18.7. The van der Waals surface area contributed by atoms with Crippen LogP contribution in [-0.4, -0.2) is 58.9 Å². The minimum Gasteiger partial charge on any atom is -0.378 e. The largest absolute Gasteiger partial charge is 0.378 e. The molecule has 0 spiro atoms. The van der Waals surface area contributed by atoms with Crippen LogP contribution in [0.25, 0.3) is 5.69 Å². The highest BCUT2D eigenvalue weighted by molar-refractivity contribution is 6.32. The molecule has 1 aliphatic rings. The second kappa shape index (κ2) is 8.07. The van der Waals surface area contributed by atoms with Crippen LogP contribution in [0.3, 0.4) is 0 Å². The number of nitrogens with zero attached hydrogens (tertiary/aromatic N) is 3. The fraction of sp³-hybridized carbons (Fsp3) is 0.444. The number of ether oxygens (including phenoxy) is 1. The van der Waals surface area contributed by atoms with Gasteiger partial charge in [0.1, 0.15) is 0 Å². The van der Waals surface area contributed by atoms with Crippen molar-refractivity contribution < 1.29 is 9.53 Å². The Labute approximate surface area is 158 Å². The van der Waals surface area contributed by atoms with Crippen molar-refractivity contribution in [1.29, 1.82) is 0 Å². The van der Waals surface area contributed by atoms with Gasteiger partial charge in [0, 0.05) is 44.3 Å². The lowest BCUT2D eigenvalue weighted by Gasteiger charge is -2.20. The number of benzene rings is 1. The molecule has 1 aromatic carbocycles. The standard InChI is InChI=1S/C18H24ClN5O2/c1-12(2)24-9-15(17(10-24)26-3)22-18(25)21-13-4-5-16(14(19)8-13)23-7-6-20-11-23/h4-8,11-12,15,17H,9-10H2,1-3H3,(H2,21,22,25)/t15-,17-/m1/s1. The average molecular weight is 378 g/mol. The molecule has 7 nitrogen and oxygen atoms in total. The summed E-state index contributed by atoms with van der Waals surface area (Å²) in [4.78, 5) is 18.7. The van der Waals surface area contributed by atoms with Crippen molar-refractivity contribution in [1.82, 2.24) is 19.8 Å². The predicted octanol–water partition coefficient (Wildman–Crippen LogP) is 2.75. The number of anilines is 1. The second-order valence-electron chi connectivity index (χ2n) is 6.66. The zero-order chi connectivity index (χ0) is 18.7. The molecule has 8 heteroatoms. The molecule has 1 fully saturated rings. The van der Waals surface area contributed by atoms with Gasteiger partial charge < -0.3 is 19.9 Å². The number of halogens is 1. The van der Waals surface area contributed by atoms with Crippen molar-refractivity contribution in [3.8, 4) is 5.69 Å². The van der Waals surface area contributed by atoms with Crippen molar-refractivity contribution in [2.45, 2.75) is 32.0 Å². The molecule has 2 heterocycles. The van der Waals surface area contributed by atoms with Crippen molar-refractivity contribution >= 4 is 23.3 Å². The van der Waals surface area contributed by atoms with Gasteiger partial charge >= 0.3 is 6.03 Å². The number of carbonyl (C=O) groups excluding carboxylic acids is 1. The van der Waals surface area contributed by atoms with Gasteiger partial charge in [-0.25, -0.2) is 9.78 Å². The Kier molecular flexibility index (Phi) is 5.80. The van der Waals surface area contributed by atoms with Crippen LogP contribution in [0.15, 0.2) is 36.9 Å². The van der Waals surface area contributed by atoms with Crippen LogP contribution in [0, 0.1) is 0 Å². The zero-order valence-electron chi connectivity index (χ0n) is 15.1. The van der Waals surface area contributed by atoms with Crippen molar-refractivity contribution in [2.75, 3.05) is 25.5 Å². The van der Waals surface area contributed by atoms with E-state index in [1.54, 1.807) is 25.7 Å². The maximum atomic E-state index is 12.4. The van der Waals surface area contributed by atoms with Crippen LogP contribution in [0.2, 0.25) is 5.02 Å². The third-order valence-corrected chi connectivity index (χ3v) is 4.93. The fourth-order valence-electron chi connectivity index (χ4n) is 3.13. The van der Waals surface area contributed by atoms with E-state index in [-0.39, 0.29) is 18.2 Å². The Hall–Kier alpha value is -2.09. The third kappa shape index (κ3) is 4.17. The number of likely N-dealkylation sites (tertiary alicyclic amines) is 1. The van der Waals surface area contributed by atoms with Gasteiger partial charge in [0.15, 0.2) is 0 Å². The molecule has 0 bridgehead atoms. The Bertz CT molecular complexity index is 750. The molecular weight excluding hydrogens is 354 g/mol. The summed E-state index contributed by atoms with van der Waals surface area (Å²) in [5.74, 6) is 0. The molecule has 2 aromatic rings. The van der Waals surface area contributed by atoms with E-state index in [1.165, 1.54) is 0 Å². The first-order chi connectivity index (χ1) is 12.5. The second-order valence-corrected chi connectivity index (χ2v) is 7.07. The molecule has 3 rings (SSSR count). The molecule has 2 N–H and O–H groups in total. The van der Waals surface area contributed by atoms with E-state index in [4.69, 9.17) is 16.3 Å². The Morgan fingerprint density at radius 3 is 2.81 bits per heavy atom. The summed E-state index contributed by atoms with van der Waals surface area (Å²) in [5, 5.41) is 6.37. The predicted molar refractivity (Wildman–Crippen MR) is 102 cm³/mol. The van der Waals surface area contributed by atoms with Crippen molar-refractivity contribution in [3.63, 3.8) is 0 Å². The maximum absolute atomic E-state index is 12.4. The molecule has 0 radical (unpaired) electrons. The molecule has 2 amide bonds. The van der Waals surface area contributed by atoms with E-state index in [1.807, 2.05) is 22.9 Å². The Morgan fingerprint density at radius 2 is 2.19 bits per heavy atom. The summed E-state index contributed by atoms with van der Waals surface area (Å²) < 4.78 is 7.33. The fourth-order valence-corrected chi connectivity index (χ4v) is 3.41. The molecule has 140 valence electrons. The molecule has 1 aliphatic heterocycles. The molecule has 0 saturated carbocycles. The molecule has 2 atom stereocenters. The molecule has 1 saturated heterocycles. The van der Waals surface area contributed by atoms with Crippen molar-refractivity contribution in [2.24, 2.45) is 0 Å². The highest BCUT2D eigenvalue weighted by Gasteiger charge is 2.34. The SMILES string of the molecule is CO[C@@H]1CN(C(C)C)C[C@H]1NC(=O)Nc1ccc(-n2ccnc2)c(Cl)c1. The number of nitrogens with one attached hydrogen (secondary N) is 2. The van der Waals surface area contributed by atoms with Gasteiger partial charge in [-0.3, -0.25) is 4.90 Å². The van der Waals surface area contributed by atoms with E-state index in [0.29, 0.717) is 16.8 Å². The van der Waals surface area contributed by atoms with Gasteiger partial charge in [-0.1, -0.05) is 11.6 Å². The van der Waals surface area contributed by atoms with E-state index < -0.39 is 0 Å². The number of urea groups is 1. The monoisotopic (exact) mass is 377 g/mol. The summed E-state index contributed by atoms with van der Waals surface area (Å²) in [6.07, 6.45) is 5.15. The third-order valence-electron chi connectivity index (χ3n) is 4.63. The van der Waals surface area contributed by atoms with Gasteiger partial charge in [0.05, 0.1) is 29.2 Å². The lowest BCUT2D eigenvalue weighted by atomic mass is 10.2. The lowest BCUT2D eigenvalue weighted by Crippen LogP contribution is -2.45. The van der Waals surface area contributed by atoms with Crippen molar-refractivity contribution in [3.05, 3.63) is 41.9 Å².